The van der Waals surface area contributed by atoms with E-state index in [1.165, 1.54) is 25.6 Å². The smallest absolute Gasteiger partial charge is 0.274 e. The Balaban J connectivity index is 1.76. The first-order valence-corrected chi connectivity index (χ1v) is 8.16. The molecule has 1 saturated heterocycles. The molecule has 22 heavy (non-hydrogen) atoms. The molecule has 1 amide bonds. The van der Waals surface area contributed by atoms with Crippen LogP contribution in [0.2, 0.25) is 0 Å². The summed E-state index contributed by atoms with van der Waals surface area (Å²) < 4.78 is 0.841. The number of nitrogens with one attached hydrogen (secondary N) is 1. The molecule has 5 nitrogen and oxygen atoms in total. The minimum Gasteiger partial charge on any atom is -0.357 e. The molecular formula is C16H17BrN4O. The lowest BCUT2D eigenvalue weighted by Crippen LogP contribution is -2.30. The summed E-state index contributed by atoms with van der Waals surface area (Å²) in [4.78, 5) is 23.0. The largest absolute Gasteiger partial charge is 0.357 e. The van der Waals surface area contributed by atoms with Crippen LogP contribution in [0.4, 0.5) is 11.5 Å². The maximum atomic E-state index is 12.4. The molecule has 0 saturated carbocycles. The summed E-state index contributed by atoms with van der Waals surface area (Å²) in [5.74, 6) is 0.597. The monoisotopic (exact) mass is 360 g/mol. The summed E-state index contributed by atoms with van der Waals surface area (Å²) in [6, 6.07) is 9.26. The normalized spacial score (nSPS) is 14.7. The molecule has 1 aromatic carbocycles. The van der Waals surface area contributed by atoms with E-state index in [1.54, 1.807) is 6.07 Å². The lowest BCUT2D eigenvalue weighted by Gasteiger charge is -2.27. The first kappa shape index (κ1) is 15.0. The SMILES string of the molecule is O=C(Nc1ccccc1Br)c1cc(N2CCCCC2)ncn1. The van der Waals surface area contributed by atoms with Crippen molar-refractivity contribution in [3.63, 3.8) is 0 Å². The topological polar surface area (TPSA) is 58.1 Å². The van der Waals surface area contributed by atoms with Gasteiger partial charge in [0.2, 0.25) is 0 Å². The highest BCUT2D eigenvalue weighted by Crippen LogP contribution is 2.22. The predicted octanol–water partition coefficient (Wildman–Crippen LogP) is 3.48. The van der Waals surface area contributed by atoms with Gasteiger partial charge in [-0.15, -0.1) is 0 Å². The number of anilines is 2. The van der Waals surface area contributed by atoms with Crippen LogP contribution >= 0.6 is 15.9 Å². The molecule has 0 unspecified atom stereocenters. The van der Waals surface area contributed by atoms with Gasteiger partial charge in [0.05, 0.1) is 5.69 Å². The number of rotatable bonds is 3. The van der Waals surface area contributed by atoms with Crippen molar-refractivity contribution in [3.8, 4) is 0 Å². The van der Waals surface area contributed by atoms with E-state index in [4.69, 9.17) is 0 Å². The number of piperidine rings is 1. The van der Waals surface area contributed by atoms with Gasteiger partial charge in [0, 0.05) is 23.6 Å². The molecule has 1 aliphatic rings. The molecule has 1 N–H and O–H groups in total. The zero-order valence-electron chi connectivity index (χ0n) is 12.1. The second-order valence-corrected chi connectivity index (χ2v) is 6.10. The number of benzene rings is 1. The van der Waals surface area contributed by atoms with Gasteiger partial charge in [0.25, 0.3) is 5.91 Å². The highest BCUT2D eigenvalue weighted by atomic mass is 79.9. The summed E-state index contributed by atoms with van der Waals surface area (Å²) in [6.07, 6.45) is 5.06. The number of hydrogen-bond acceptors (Lipinski definition) is 4. The second-order valence-electron chi connectivity index (χ2n) is 5.24. The second kappa shape index (κ2) is 6.87. The van der Waals surface area contributed by atoms with E-state index in [2.05, 4.69) is 36.1 Å². The molecule has 2 aromatic rings. The summed E-state index contributed by atoms with van der Waals surface area (Å²) in [6.45, 7) is 1.98. The average Bonchev–Trinajstić information content (AvgIpc) is 2.58. The average molecular weight is 361 g/mol. The molecule has 0 aliphatic carbocycles. The van der Waals surface area contributed by atoms with Crippen molar-refractivity contribution < 1.29 is 4.79 Å². The number of aromatic nitrogens is 2. The number of nitrogens with zero attached hydrogens (tertiary/aromatic N) is 3. The number of hydrogen-bond donors (Lipinski definition) is 1. The van der Waals surface area contributed by atoms with Crippen molar-refractivity contribution in [1.29, 1.82) is 0 Å². The Hall–Kier alpha value is -1.95. The molecular weight excluding hydrogens is 344 g/mol. The highest BCUT2D eigenvalue weighted by molar-refractivity contribution is 9.10. The maximum Gasteiger partial charge on any atom is 0.274 e. The van der Waals surface area contributed by atoms with Crippen molar-refractivity contribution in [2.45, 2.75) is 19.3 Å². The first-order valence-electron chi connectivity index (χ1n) is 7.37. The number of amides is 1. The lowest BCUT2D eigenvalue weighted by molar-refractivity contribution is 0.102. The summed E-state index contributed by atoms with van der Waals surface area (Å²) in [5.41, 5.74) is 1.11. The Kier molecular flexibility index (Phi) is 4.68. The van der Waals surface area contributed by atoms with Crippen molar-refractivity contribution >= 4 is 33.3 Å². The van der Waals surface area contributed by atoms with Crippen LogP contribution in [0, 0.1) is 0 Å². The van der Waals surface area contributed by atoms with E-state index in [-0.39, 0.29) is 5.91 Å². The molecule has 114 valence electrons. The predicted molar refractivity (Wildman–Crippen MR) is 90.2 cm³/mol. The highest BCUT2D eigenvalue weighted by Gasteiger charge is 2.15. The Morgan fingerprint density at radius 3 is 2.68 bits per heavy atom. The molecule has 1 aromatic heterocycles. The zero-order chi connectivity index (χ0) is 15.4. The summed E-state index contributed by atoms with van der Waals surface area (Å²) in [7, 11) is 0. The minimum atomic E-state index is -0.229. The zero-order valence-corrected chi connectivity index (χ0v) is 13.7. The molecule has 1 aliphatic heterocycles. The van der Waals surface area contributed by atoms with E-state index in [9.17, 15) is 4.79 Å². The summed E-state index contributed by atoms with van der Waals surface area (Å²) >= 11 is 3.42. The van der Waals surface area contributed by atoms with Crippen LogP contribution in [0.1, 0.15) is 29.8 Å². The molecule has 3 rings (SSSR count). The van der Waals surface area contributed by atoms with Crippen LogP contribution in [-0.4, -0.2) is 29.0 Å². The van der Waals surface area contributed by atoms with Crippen LogP contribution in [-0.2, 0) is 0 Å². The molecule has 0 bridgehead atoms. The molecule has 0 spiro atoms. The van der Waals surface area contributed by atoms with E-state index in [0.717, 1.165) is 29.1 Å². The van der Waals surface area contributed by atoms with Gasteiger partial charge in [-0.1, -0.05) is 12.1 Å². The van der Waals surface area contributed by atoms with Crippen molar-refractivity contribution in [2.75, 3.05) is 23.3 Å². The quantitative estimate of drug-likeness (QED) is 0.910. The molecule has 1 fully saturated rings. The van der Waals surface area contributed by atoms with Gasteiger partial charge in [0.15, 0.2) is 0 Å². The fraction of sp³-hybridized carbons (Fsp3) is 0.312. The Bertz CT molecular complexity index is 671. The Morgan fingerprint density at radius 2 is 1.91 bits per heavy atom. The number of halogens is 1. The molecule has 6 heteroatoms. The minimum absolute atomic E-state index is 0.229. The van der Waals surface area contributed by atoms with Crippen LogP contribution in [0.25, 0.3) is 0 Å². The van der Waals surface area contributed by atoms with Gasteiger partial charge in [-0.05, 0) is 47.3 Å². The lowest BCUT2D eigenvalue weighted by atomic mass is 10.1. The van der Waals surface area contributed by atoms with Crippen LogP contribution in [0.15, 0.2) is 41.1 Å². The maximum absolute atomic E-state index is 12.4. The number of para-hydroxylation sites is 1. The van der Waals surface area contributed by atoms with Gasteiger partial charge >= 0.3 is 0 Å². The first-order chi connectivity index (χ1) is 10.7. The third-order valence-corrected chi connectivity index (χ3v) is 4.38. The van der Waals surface area contributed by atoms with Crippen LogP contribution < -0.4 is 10.2 Å². The fourth-order valence-electron chi connectivity index (χ4n) is 2.52. The van der Waals surface area contributed by atoms with E-state index in [0.29, 0.717) is 5.69 Å². The molecule has 0 atom stereocenters. The third-order valence-electron chi connectivity index (χ3n) is 3.69. The van der Waals surface area contributed by atoms with Crippen molar-refractivity contribution in [3.05, 3.63) is 46.8 Å². The molecule has 2 heterocycles. The van der Waals surface area contributed by atoms with Gasteiger partial charge in [0.1, 0.15) is 17.8 Å². The number of carbonyl (C=O) groups excluding carboxylic acids is 1. The fourth-order valence-corrected chi connectivity index (χ4v) is 2.90. The standard InChI is InChI=1S/C16H17BrN4O/c17-12-6-2-3-7-13(12)20-16(22)14-10-15(19-11-18-14)21-8-4-1-5-9-21/h2-3,6-7,10-11H,1,4-5,8-9H2,(H,20,22). The van der Waals surface area contributed by atoms with Gasteiger partial charge in [-0.25, -0.2) is 9.97 Å². The van der Waals surface area contributed by atoms with Gasteiger partial charge in [-0.3, -0.25) is 4.79 Å². The molecule has 0 radical (unpaired) electrons. The van der Waals surface area contributed by atoms with E-state index >= 15 is 0 Å². The van der Waals surface area contributed by atoms with E-state index < -0.39 is 0 Å². The number of carbonyl (C=O) groups is 1. The van der Waals surface area contributed by atoms with E-state index in [1.807, 2.05) is 24.3 Å². The third kappa shape index (κ3) is 3.44. The summed E-state index contributed by atoms with van der Waals surface area (Å²) in [5, 5.41) is 2.86. The Labute approximate surface area is 137 Å². The van der Waals surface area contributed by atoms with Gasteiger partial charge < -0.3 is 10.2 Å². The Morgan fingerprint density at radius 1 is 1.14 bits per heavy atom. The van der Waals surface area contributed by atoms with Gasteiger partial charge in [-0.2, -0.15) is 0 Å². The van der Waals surface area contributed by atoms with Crippen LogP contribution in [0.5, 0.6) is 0 Å². The van der Waals surface area contributed by atoms with Crippen molar-refractivity contribution in [2.24, 2.45) is 0 Å². The van der Waals surface area contributed by atoms with Crippen molar-refractivity contribution in [1.82, 2.24) is 9.97 Å². The van der Waals surface area contributed by atoms with Crippen LogP contribution in [0.3, 0.4) is 0 Å².